The van der Waals surface area contributed by atoms with Crippen molar-refractivity contribution in [1.29, 1.82) is 0 Å². The van der Waals surface area contributed by atoms with Crippen molar-refractivity contribution in [1.82, 2.24) is 10.2 Å². The number of halogens is 1. The van der Waals surface area contributed by atoms with Crippen LogP contribution in [0.5, 0.6) is 0 Å². The first-order valence-electron chi connectivity index (χ1n) is 7.48. The number of hydrogen-bond acceptors (Lipinski definition) is 4. The normalized spacial score (nSPS) is 24.0. The van der Waals surface area contributed by atoms with Gasteiger partial charge in [-0.3, -0.25) is 14.5 Å². The van der Waals surface area contributed by atoms with Crippen LogP contribution < -0.4 is 5.32 Å². The Morgan fingerprint density at radius 2 is 2.00 bits per heavy atom. The second-order valence-electron chi connectivity index (χ2n) is 5.74. The quantitative estimate of drug-likeness (QED) is 0.828. The topological polar surface area (TPSA) is 49.4 Å². The molecule has 1 aromatic heterocycles. The highest BCUT2D eigenvalue weighted by Crippen LogP contribution is 2.28. The molecule has 0 bridgehead atoms. The van der Waals surface area contributed by atoms with E-state index in [2.05, 4.69) is 21.2 Å². The maximum Gasteiger partial charge on any atom is 0.247 e. The van der Waals surface area contributed by atoms with E-state index in [1.54, 1.807) is 16.2 Å². The van der Waals surface area contributed by atoms with Crippen molar-refractivity contribution < 1.29 is 9.59 Å². The lowest BCUT2D eigenvalue weighted by atomic mass is 9.94. The van der Waals surface area contributed by atoms with E-state index in [1.165, 1.54) is 11.3 Å². The molecule has 3 rings (SSSR count). The molecule has 1 atom stereocenters. The number of imide groups is 1. The molecule has 0 radical (unpaired) electrons. The summed E-state index contributed by atoms with van der Waals surface area (Å²) < 4.78 is 1.08. The van der Waals surface area contributed by atoms with Crippen LogP contribution in [0.1, 0.15) is 43.4 Å². The SMILES string of the molecule is O=C1CC(NCc2ccc(Br)s2)C(=O)N1C1CCCCC1. The largest absolute Gasteiger partial charge is 0.300 e. The molecule has 0 spiro atoms. The van der Waals surface area contributed by atoms with Gasteiger partial charge >= 0.3 is 0 Å². The first-order valence-corrected chi connectivity index (χ1v) is 9.09. The molecule has 2 aliphatic rings. The standard InChI is InChI=1S/C15H19BrN2O2S/c16-13-7-6-11(21-13)9-17-12-8-14(19)18(15(12)20)10-4-2-1-3-5-10/h6-7,10,12,17H,1-5,8-9H2. The van der Waals surface area contributed by atoms with Gasteiger partial charge in [-0.15, -0.1) is 11.3 Å². The zero-order valence-corrected chi connectivity index (χ0v) is 14.2. The number of thiophene rings is 1. The first kappa shape index (κ1) is 15.2. The van der Waals surface area contributed by atoms with Crippen LogP contribution in [-0.4, -0.2) is 28.8 Å². The number of carbonyl (C=O) groups is 2. The van der Waals surface area contributed by atoms with Crippen LogP contribution >= 0.6 is 27.3 Å². The minimum Gasteiger partial charge on any atom is -0.300 e. The van der Waals surface area contributed by atoms with Gasteiger partial charge in [0.25, 0.3) is 0 Å². The van der Waals surface area contributed by atoms with Gasteiger partial charge in [-0.2, -0.15) is 0 Å². The van der Waals surface area contributed by atoms with Gasteiger partial charge in [0, 0.05) is 17.5 Å². The molecule has 1 saturated carbocycles. The fourth-order valence-corrected chi connectivity index (χ4v) is 4.64. The Hall–Kier alpha value is -0.720. The van der Waals surface area contributed by atoms with Crippen molar-refractivity contribution in [3.8, 4) is 0 Å². The molecule has 21 heavy (non-hydrogen) atoms. The monoisotopic (exact) mass is 370 g/mol. The lowest BCUT2D eigenvalue weighted by Gasteiger charge is -2.29. The van der Waals surface area contributed by atoms with E-state index in [1.807, 2.05) is 12.1 Å². The minimum absolute atomic E-state index is 0.00300. The second kappa shape index (κ2) is 6.58. The number of likely N-dealkylation sites (tertiary alicyclic amines) is 1. The Bertz CT molecular complexity index is 540. The number of rotatable bonds is 4. The third-order valence-electron chi connectivity index (χ3n) is 4.27. The van der Waals surface area contributed by atoms with Gasteiger partial charge in [0.05, 0.1) is 16.2 Å². The Kier molecular flexibility index (Phi) is 4.76. The highest BCUT2D eigenvalue weighted by Gasteiger charge is 2.42. The van der Waals surface area contributed by atoms with Crippen molar-refractivity contribution in [3.05, 3.63) is 20.8 Å². The highest BCUT2D eigenvalue weighted by molar-refractivity contribution is 9.11. The van der Waals surface area contributed by atoms with E-state index in [-0.39, 0.29) is 23.9 Å². The molecule has 6 heteroatoms. The molecule has 1 unspecified atom stereocenters. The molecule has 1 aromatic rings. The molecule has 2 amide bonds. The van der Waals surface area contributed by atoms with Gasteiger partial charge in [-0.25, -0.2) is 0 Å². The van der Waals surface area contributed by atoms with E-state index in [0.29, 0.717) is 13.0 Å². The molecule has 0 aromatic carbocycles. The Morgan fingerprint density at radius 3 is 2.67 bits per heavy atom. The summed E-state index contributed by atoms with van der Waals surface area (Å²) >= 11 is 5.08. The van der Waals surface area contributed by atoms with Crippen LogP contribution in [0.4, 0.5) is 0 Å². The van der Waals surface area contributed by atoms with Crippen molar-refractivity contribution in [2.24, 2.45) is 0 Å². The van der Waals surface area contributed by atoms with Gasteiger partial charge in [-0.05, 0) is 40.9 Å². The van der Waals surface area contributed by atoms with E-state index < -0.39 is 0 Å². The van der Waals surface area contributed by atoms with Crippen LogP contribution in [0.3, 0.4) is 0 Å². The third-order valence-corrected chi connectivity index (χ3v) is 5.90. The van der Waals surface area contributed by atoms with Gasteiger partial charge in [0.2, 0.25) is 11.8 Å². The lowest BCUT2D eigenvalue weighted by molar-refractivity contribution is -0.142. The van der Waals surface area contributed by atoms with Crippen LogP contribution in [0.2, 0.25) is 0 Å². The predicted molar refractivity (Wildman–Crippen MR) is 86.0 cm³/mol. The third kappa shape index (κ3) is 3.38. The fourth-order valence-electron chi connectivity index (χ4n) is 3.20. The number of hydrogen-bond donors (Lipinski definition) is 1. The van der Waals surface area contributed by atoms with Gasteiger partial charge in [0.15, 0.2) is 0 Å². The maximum absolute atomic E-state index is 12.5. The molecule has 2 heterocycles. The number of nitrogens with one attached hydrogen (secondary N) is 1. The Labute approximate surface area is 137 Å². The number of carbonyl (C=O) groups excluding carboxylic acids is 2. The maximum atomic E-state index is 12.5. The van der Waals surface area contributed by atoms with Crippen molar-refractivity contribution in [2.75, 3.05) is 0 Å². The average molecular weight is 371 g/mol. The van der Waals surface area contributed by atoms with E-state index in [4.69, 9.17) is 0 Å². The molecular formula is C15H19BrN2O2S. The van der Waals surface area contributed by atoms with Crippen LogP contribution in [-0.2, 0) is 16.1 Å². The molecule has 1 aliphatic carbocycles. The van der Waals surface area contributed by atoms with Crippen molar-refractivity contribution >= 4 is 39.1 Å². The summed E-state index contributed by atoms with van der Waals surface area (Å²) in [5, 5.41) is 3.24. The van der Waals surface area contributed by atoms with Crippen LogP contribution in [0.25, 0.3) is 0 Å². The van der Waals surface area contributed by atoms with Gasteiger partial charge in [0.1, 0.15) is 0 Å². The Morgan fingerprint density at radius 1 is 1.24 bits per heavy atom. The van der Waals surface area contributed by atoms with E-state index in [0.717, 1.165) is 29.5 Å². The first-order chi connectivity index (χ1) is 10.1. The minimum atomic E-state index is -0.347. The van der Waals surface area contributed by atoms with E-state index >= 15 is 0 Å². The van der Waals surface area contributed by atoms with Crippen molar-refractivity contribution in [2.45, 2.75) is 57.2 Å². The van der Waals surface area contributed by atoms with Gasteiger partial charge < -0.3 is 5.32 Å². The predicted octanol–water partition coefficient (Wildman–Crippen LogP) is 3.06. The molecule has 1 saturated heterocycles. The zero-order chi connectivity index (χ0) is 14.8. The average Bonchev–Trinajstić information content (AvgIpc) is 3.01. The summed E-state index contributed by atoms with van der Waals surface area (Å²) in [7, 11) is 0. The van der Waals surface area contributed by atoms with E-state index in [9.17, 15) is 9.59 Å². The molecule has 1 N–H and O–H groups in total. The Balaban J connectivity index is 1.60. The molecule has 4 nitrogen and oxygen atoms in total. The highest BCUT2D eigenvalue weighted by atomic mass is 79.9. The molecule has 1 aliphatic heterocycles. The van der Waals surface area contributed by atoms with Gasteiger partial charge in [-0.1, -0.05) is 19.3 Å². The summed E-state index contributed by atoms with van der Waals surface area (Å²) in [6.07, 6.45) is 5.74. The summed E-state index contributed by atoms with van der Waals surface area (Å²) in [6, 6.07) is 3.82. The number of nitrogens with zero attached hydrogens (tertiary/aromatic N) is 1. The van der Waals surface area contributed by atoms with Crippen molar-refractivity contribution in [3.63, 3.8) is 0 Å². The molecule has 114 valence electrons. The smallest absolute Gasteiger partial charge is 0.247 e. The van der Waals surface area contributed by atoms with Crippen LogP contribution in [0.15, 0.2) is 15.9 Å². The van der Waals surface area contributed by atoms with Crippen LogP contribution in [0, 0.1) is 0 Å². The molecule has 2 fully saturated rings. The summed E-state index contributed by atoms with van der Waals surface area (Å²) in [5.41, 5.74) is 0. The number of amides is 2. The second-order valence-corrected chi connectivity index (χ2v) is 8.28. The summed E-state index contributed by atoms with van der Waals surface area (Å²) in [5.74, 6) is -0.0284. The summed E-state index contributed by atoms with van der Waals surface area (Å²) in [4.78, 5) is 27.4. The zero-order valence-electron chi connectivity index (χ0n) is 11.8. The molecular weight excluding hydrogens is 352 g/mol. The summed E-state index contributed by atoms with van der Waals surface area (Å²) in [6.45, 7) is 0.637. The lowest BCUT2D eigenvalue weighted by Crippen LogP contribution is -2.44. The fraction of sp³-hybridized carbons (Fsp3) is 0.600.